The maximum atomic E-state index is 13.2. The molecule has 0 spiro atoms. The third-order valence-electron chi connectivity index (χ3n) is 9.32. The van der Waals surface area contributed by atoms with Gasteiger partial charge in [0.25, 0.3) is 5.91 Å². The number of urea groups is 1. The van der Waals surface area contributed by atoms with Gasteiger partial charge < -0.3 is 57.0 Å². The smallest absolute Gasteiger partial charge is 0.329 e. The number of anilines is 2. The number of carbonyl (C=O) groups excluding carboxylic acids is 5. The number of nitrogen functional groups attached to an aromatic ring is 1. The van der Waals surface area contributed by atoms with Crippen LogP contribution in [0.3, 0.4) is 0 Å². The average Bonchev–Trinajstić information content (AvgIpc) is 3.76. The van der Waals surface area contributed by atoms with E-state index in [4.69, 9.17) is 19.9 Å². The molecular formula is C39H55N11O9S. The third kappa shape index (κ3) is 14.6. The monoisotopic (exact) mass is 853 g/mol. The van der Waals surface area contributed by atoms with Crippen LogP contribution in [0.25, 0.3) is 11.2 Å². The number of aromatic hydroxyl groups is 1. The van der Waals surface area contributed by atoms with Crippen molar-refractivity contribution in [3.63, 3.8) is 0 Å². The third-order valence-corrected chi connectivity index (χ3v) is 10.8. The quantitative estimate of drug-likeness (QED) is 0.0381. The van der Waals surface area contributed by atoms with Crippen molar-refractivity contribution in [2.45, 2.75) is 94.8 Å². The lowest BCUT2D eigenvalue weighted by Gasteiger charge is -2.24. The molecule has 2 aliphatic heterocycles. The SMILES string of the molecule is CC(C)(C)OC(=O)[C@H](CCC(=O)NCCOCCOCCNC(=O)CCCC[C@@H]1SC[C@@H]2NC(=O)N[C@@H]21)NC(=O)c1ccc(NCc2cnc3nc(N)nc(O)c3n2)cc1. The Hall–Kier alpha value is -5.54. The topological polar surface area (TPSA) is 283 Å². The lowest BCUT2D eigenvalue weighted by atomic mass is 10.0. The van der Waals surface area contributed by atoms with E-state index < -0.39 is 23.5 Å². The molecular weight excluding hydrogens is 799 g/mol. The van der Waals surface area contributed by atoms with E-state index in [0.29, 0.717) is 49.4 Å². The molecule has 5 amide bonds. The predicted molar refractivity (Wildman–Crippen MR) is 223 cm³/mol. The Morgan fingerprint density at radius 2 is 1.65 bits per heavy atom. The van der Waals surface area contributed by atoms with Gasteiger partial charge in [0.1, 0.15) is 11.6 Å². The van der Waals surface area contributed by atoms with Crippen LogP contribution in [0.5, 0.6) is 5.88 Å². The first-order valence-electron chi connectivity index (χ1n) is 20.0. The average molecular weight is 854 g/mol. The molecule has 0 radical (unpaired) electrons. The van der Waals surface area contributed by atoms with Gasteiger partial charge in [0, 0.05) is 48.2 Å². The number of nitrogens with one attached hydrogen (secondary N) is 6. The summed E-state index contributed by atoms with van der Waals surface area (Å²) in [6, 6.07) is 5.76. The Bertz CT molecular complexity index is 1950. The summed E-state index contributed by atoms with van der Waals surface area (Å²) >= 11 is 1.87. The number of thioether (sulfide) groups is 1. The minimum Gasteiger partial charge on any atom is -0.492 e. The van der Waals surface area contributed by atoms with Crippen LogP contribution in [-0.2, 0) is 35.1 Å². The molecule has 2 saturated heterocycles. The molecule has 3 aromatic rings. The van der Waals surface area contributed by atoms with Crippen LogP contribution in [0.2, 0.25) is 0 Å². The number of nitrogens with two attached hydrogens (primary N) is 1. The van der Waals surface area contributed by atoms with Crippen molar-refractivity contribution in [2.24, 2.45) is 0 Å². The molecule has 5 rings (SSSR count). The van der Waals surface area contributed by atoms with Crippen molar-refractivity contribution >= 4 is 64.3 Å². The molecule has 2 fully saturated rings. The van der Waals surface area contributed by atoms with Gasteiger partial charge in [-0.25, -0.2) is 19.6 Å². The lowest BCUT2D eigenvalue weighted by molar-refractivity contribution is -0.157. The Kier molecular flexibility index (Phi) is 16.8. The molecule has 0 saturated carbocycles. The van der Waals surface area contributed by atoms with Crippen molar-refractivity contribution in [1.29, 1.82) is 0 Å². The molecule has 60 heavy (non-hydrogen) atoms. The predicted octanol–water partition coefficient (Wildman–Crippen LogP) is 1.53. The highest BCUT2D eigenvalue weighted by atomic mass is 32.2. The van der Waals surface area contributed by atoms with E-state index in [1.54, 1.807) is 45.0 Å². The molecule has 9 N–H and O–H groups in total. The van der Waals surface area contributed by atoms with Gasteiger partial charge >= 0.3 is 12.0 Å². The summed E-state index contributed by atoms with van der Waals surface area (Å²) in [4.78, 5) is 78.6. The van der Waals surface area contributed by atoms with Crippen molar-refractivity contribution < 1.29 is 43.3 Å². The van der Waals surface area contributed by atoms with Crippen LogP contribution >= 0.6 is 11.8 Å². The Morgan fingerprint density at radius 3 is 2.35 bits per heavy atom. The van der Waals surface area contributed by atoms with Gasteiger partial charge in [-0.1, -0.05) is 6.42 Å². The number of unbranched alkanes of at least 4 members (excludes halogenated alkanes) is 1. The number of hydrogen-bond acceptors (Lipinski definition) is 16. The minimum atomic E-state index is -1.08. The van der Waals surface area contributed by atoms with E-state index in [2.05, 4.69) is 51.8 Å². The molecule has 2 aromatic heterocycles. The van der Waals surface area contributed by atoms with E-state index in [1.807, 2.05) is 11.8 Å². The fraction of sp³-hybridized carbons (Fsp3) is 0.564. The van der Waals surface area contributed by atoms with Crippen molar-refractivity contribution in [3.8, 4) is 5.88 Å². The van der Waals surface area contributed by atoms with Gasteiger partial charge in [0.15, 0.2) is 11.2 Å². The highest BCUT2D eigenvalue weighted by molar-refractivity contribution is 8.00. The zero-order valence-corrected chi connectivity index (χ0v) is 34.9. The Morgan fingerprint density at radius 1 is 0.950 bits per heavy atom. The minimum absolute atomic E-state index is 0.0105. The van der Waals surface area contributed by atoms with Gasteiger partial charge in [-0.05, 0) is 64.3 Å². The first-order valence-corrected chi connectivity index (χ1v) is 21.0. The van der Waals surface area contributed by atoms with Crippen LogP contribution in [0.1, 0.15) is 75.3 Å². The first kappa shape index (κ1) is 45.5. The van der Waals surface area contributed by atoms with Gasteiger partial charge in [0.05, 0.1) is 56.9 Å². The summed E-state index contributed by atoms with van der Waals surface area (Å²) in [5.74, 6) is -1.08. The molecule has 0 unspecified atom stereocenters. The van der Waals surface area contributed by atoms with E-state index >= 15 is 0 Å². The van der Waals surface area contributed by atoms with Gasteiger partial charge in [-0.15, -0.1) is 0 Å². The number of hydrogen-bond donors (Lipinski definition) is 8. The number of amides is 5. The number of nitrogens with zero attached hydrogens (tertiary/aromatic N) is 4. The fourth-order valence-electron chi connectivity index (χ4n) is 6.40. The second-order valence-corrected chi connectivity index (χ2v) is 16.5. The van der Waals surface area contributed by atoms with Crippen LogP contribution in [-0.4, -0.2) is 129 Å². The molecule has 20 nitrogen and oxygen atoms in total. The molecule has 0 bridgehead atoms. The number of aromatic nitrogens is 4. The summed E-state index contributed by atoms with van der Waals surface area (Å²) in [6.07, 6.45) is 4.59. The van der Waals surface area contributed by atoms with E-state index in [9.17, 15) is 29.1 Å². The molecule has 4 atom stereocenters. The van der Waals surface area contributed by atoms with E-state index in [-0.39, 0.29) is 91.0 Å². The number of esters is 1. The maximum Gasteiger partial charge on any atom is 0.329 e. The van der Waals surface area contributed by atoms with Crippen LogP contribution in [0, 0.1) is 0 Å². The number of rotatable bonds is 23. The van der Waals surface area contributed by atoms with Crippen LogP contribution in [0.15, 0.2) is 30.5 Å². The summed E-state index contributed by atoms with van der Waals surface area (Å²) in [5, 5.41) is 27.8. The van der Waals surface area contributed by atoms with Crippen molar-refractivity contribution in [2.75, 3.05) is 56.3 Å². The number of carbonyl (C=O) groups is 5. The van der Waals surface area contributed by atoms with Gasteiger partial charge in [-0.2, -0.15) is 21.7 Å². The van der Waals surface area contributed by atoms with Crippen molar-refractivity contribution in [1.82, 2.24) is 46.5 Å². The van der Waals surface area contributed by atoms with E-state index in [0.717, 1.165) is 25.0 Å². The van der Waals surface area contributed by atoms with E-state index in [1.165, 1.54) is 6.20 Å². The molecule has 0 aliphatic carbocycles. The largest absolute Gasteiger partial charge is 0.492 e. The number of benzene rings is 1. The molecule has 2 aliphatic rings. The van der Waals surface area contributed by atoms with Gasteiger partial charge in [0.2, 0.25) is 23.6 Å². The van der Waals surface area contributed by atoms with Crippen LogP contribution in [0.4, 0.5) is 16.4 Å². The molecule has 4 heterocycles. The first-order chi connectivity index (χ1) is 28.7. The second kappa shape index (κ2) is 22.2. The highest BCUT2D eigenvalue weighted by Crippen LogP contribution is 2.33. The number of ether oxygens (including phenoxy) is 3. The lowest BCUT2D eigenvalue weighted by Crippen LogP contribution is -2.45. The summed E-state index contributed by atoms with van der Waals surface area (Å²) < 4.78 is 16.6. The van der Waals surface area contributed by atoms with Crippen molar-refractivity contribution in [3.05, 3.63) is 41.7 Å². The fourth-order valence-corrected chi connectivity index (χ4v) is 7.94. The summed E-state index contributed by atoms with van der Waals surface area (Å²) in [6.45, 7) is 7.26. The van der Waals surface area contributed by atoms with Crippen LogP contribution < -0.4 is 37.6 Å². The number of fused-ring (bicyclic) bond motifs is 2. The molecule has 326 valence electrons. The molecule has 21 heteroatoms. The van der Waals surface area contributed by atoms with Gasteiger partial charge in [-0.3, -0.25) is 14.4 Å². The zero-order valence-electron chi connectivity index (χ0n) is 34.1. The normalized spacial score (nSPS) is 17.6. The Labute approximate surface area is 352 Å². The highest BCUT2D eigenvalue weighted by Gasteiger charge is 2.42. The molecule has 1 aromatic carbocycles. The zero-order chi connectivity index (χ0) is 43.1. The second-order valence-electron chi connectivity index (χ2n) is 15.3. The summed E-state index contributed by atoms with van der Waals surface area (Å²) in [5.41, 5.74) is 6.47. The Balaban J connectivity index is 0.921. The summed E-state index contributed by atoms with van der Waals surface area (Å²) in [7, 11) is 0. The maximum absolute atomic E-state index is 13.2. The standard InChI is InChI=1S/C39H55N11O9S/c1-39(2,3)59-36(55)26(46-34(53)23-8-10-24(11-9-23)43-20-25-21-44-33-32(45-25)35(54)50-37(40)49-33)12-13-30(52)42-15-17-58-19-18-57-16-14-41-29(51)7-5-4-6-28-31-27(22-60-28)47-38(56)48-31/h8-11,21,26-28,31,43H,4-7,12-20,22H2,1-3H3,(H,41,51)(H,42,52)(H,46,53)(H2,47,48,56)(H3,40,44,49,50,54)/t26-,27-,28-,31-/m0/s1.